The van der Waals surface area contributed by atoms with E-state index in [2.05, 4.69) is 25.6 Å². The van der Waals surface area contributed by atoms with E-state index in [0.29, 0.717) is 0 Å². The largest absolute Gasteiger partial charge is 0.392 e. The molecule has 2 amide bonds. The first-order valence-corrected chi connectivity index (χ1v) is 6.38. The minimum absolute atomic E-state index is 0.00801. The number of rotatable bonds is 7. The van der Waals surface area contributed by atoms with Gasteiger partial charge in [-0.25, -0.2) is 0 Å². The predicted molar refractivity (Wildman–Crippen MR) is 74.0 cm³/mol. The molecule has 0 heterocycles. The minimum atomic E-state index is -0.668. The highest BCUT2D eigenvalue weighted by molar-refractivity contribution is 7.78. The number of aliphatic hydroxyl groups excluding tert-OH is 2. The molecule has 0 bridgehead atoms. The first-order valence-electron chi connectivity index (χ1n) is 5.58. The SMILES string of the molecule is CC(O)CN(S)C(=O)CCC(=O)N(S)CC(C)O. The Labute approximate surface area is 118 Å². The number of thiol groups is 2. The molecule has 6 nitrogen and oxygen atoms in total. The number of hydrogen-bond donors (Lipinski definition) is 4. The van der Waals surface area contributed by atoms with Crippen LogP contribution in [0.2, 0.25) is 0 Å². The summed E-state index contributed by atoms with van der Waals surface area (Å²) in [5, 5.41) is 18.2. The summed E-state index contributed by atoms with van der Waals surface area (Å²) in [6.07, 6.45) is -1.35. The summed E-state index contributed by atoms with van der Waals surface area (Å²) in [5.41, 5.74) is 0. The molecule has 0 aromatic carbocycles. The quantitative estimate of drug-likeness (QED) is 0.494. The number of amides is 2. The van der Waals surface area contributed by atoms with Crippen LogP contribution in [0, 0.1) is 0 Å². The molecular weight excluding hydrogens is 276 g/mol. The van der Waals surface area contributed by atoms with Crippen LogP contribution >= 0.6 is 25.6 Å². The number of carbonyl (C=O) groups excluding carboxylic acids is 2. The normalized spacial score (nSPS) is 13.9. The molecule has 2 unspecified atom stereocenters. The minimum Gasteiger partial charge on any atom is -0.392 e. The Morgan fingerprint density at radius 3 is 1.44 bits per heavy atom. The fraction of sp³-hybridized carbons (Fsp3) is 0.800. The van der Waals surface area contributed by atoms with Crippen LogP contribution in [0.1, 0.15) is 26.7 Å². The van der Waals surface area contributed by atoms with Crippen LogP contribution in [0.15, 0.2) is 0 Å². The molecule has 0 aliphatic heterocycles. The molecule has 0 aromatic heterocycles. The van der Waals surface area contributed by atoms with Gasteiger partial charge in [0.15, 0.2) is 0 Å². The standard InChI is InChI=1S/C10H20N2O4S2/c1-7(13)5-11(17)9(15)3-4-10(16)12(18)6-8(2)14/h7-8,13-14,17-18H,3-6H2,1-2H3. The molecular formula is C10H20N2O4S2. The molecule has 0 aromatic rings. The molecule has 106 valence electrons. The summed E-state index contributed by atoms with van der Waals surface area (Å²) in [4.78, 5) is 23.0. The van der Waals surface area contributed by atoms with E-state index in [0.717, 1.165) is 8.61 Å². The maximum atomic E-state index is 11.5. The van der Waals surface area contributed by atoms with Crippen LogP contribution in [0.4, 0.5) is 0 Å². The molecule has 0 saturated carbocycles. The van der Waals surface area contributed by atoms with Crippen molar-refractivity contribution in [2.45, 2.75) is 38.9 Å². The highest BCUT2D eigenvalue weighted by atomic mass is 32.1. The predicted octanol–water partition coefficient (Wildman–Crippen LogP) is -0.125. The van der Waals surface area contributed by atoms with E-state index in [1.807, 2.05) is 0 Å². The molecule has 0 rings (SSSR count). The summed E-state index contributed by atoms with van der Waals surface area (Å²) < 4.78 is 2.16. The lowest BCUT2D eigenvalue weighted by molar-refractivity contribution is -0.132. The van der Waals surface area contributed by atoms with Gasteiger partial charge in [0.05, 0.1) is 25.3 Å². The van der Waals surface area contributed by atoms with Crippen molar-refractivity contribution < 1.29 is 19.8 Å². The Morgan fingerprint density at radius 1 is 0.944 bits per heavy atom. The summed E-state index contributed by atoms with van der Waals surface area (Å²) in [7, 11) is 0. The highest BCUT2D eigenvalue weighted by Crippen LogP contribution is 2.07. The molecule has 2 atom stereocenters. The van der Waals surface area contributed by atoms with Gasteiger partial charge in [0, 0.05) is 12.8 Å². The molecule has 0 saturated heterocycles. The fourth-order valence-corrected chi connectivity index (χ4v) is 1.85. The van der Waals surface area contributed by atoms with E-state index in [4.69, 9.17) is 10.2 Å². The second-order valence-electron chi connectivity index (χ2n) is 4.15. The van der Waals surface area contributed by atoms with Crippen molar-refractivity contribution in [3.63, 3.8) is 0 Å². The van der Waals surface area contributed by atoms with Gasteiger partial charge in [-0.1, -0.05) is 25.6 Å². The molecule has 0 aliphatic rings. The number of nitrogens with zero attached hydrogens (tertiary/aromatic N) is 2. The topological polar surface area (TPSA) is 81.1 Å². The van der Waals surface area contributed by atoms with Gasteiger partial charge in [-0.3, -0.25) is 18.2 Å². The summed E-state index contributed by atoms with van der Waals surface area (Å²) in [5.74, 6) is -0.683. The van der Waals surface area contributed by atoms with Crippen LogP contribution in [0.5, 0.6) is 0 Å². The molecule has 0 radical (unpaired) electrons. The van der Waals surface area contributed by atoms with E-state index in [1.54, 1.807) is 13.8 Å². The van der Waals surface area contributed by atoms with Crippen molar-refractivity contribution in [2.24, 2.45) is 0 Å². The van der Waals surface area contributed by atoms with E-state index >= 15 is 0 Å². The maximum absolute atomic E-state index is 11.5. The second kappa shape index (κ2) is 8.63. The average molecular weight is 296 g/mol. The van der Waals surface area contributed by atoms with Crippen LogP contribution in [-0.2, 0) is 9.59 Å². The van der Waals surface area contributed by atoms with Crippen molar-refractivity contribution in [2.75, 3.05) is 13.1 Å². The lowest BCUT2D eigenvalue weighted by Crippen LogP contribution is -2.32. The smallest absolute Gasteiger partial charge is 0.232 e. The van der Waals surface area contributed by atoms with E-state index in [9.17, 15) is 9.59 Å². The first kappa shape index (κ1) is 17.6. The van der Waals surface area contributed by atoms with Crippen LogP contribution in [0.25, 0.3) is 0 Å². The lowest BCUT2D eigenvalue weighted by atomic mass is 10.2. The zero-order valence-electron chi connectivity index (χ0n) is 10.5. The Bertz CT molecular complexity index is 259. The van der Waals surface area contributed by atoms with Crippen molar-refractivity contribution in [3.8, 4) is 0 Å². The van der Waals surface area contributed by atoms with Gasteiger partial charge in [0.2, 0.25) is 11.8 Å². The Hall–Kier alpha value is -0.440. The van der Waals surface area contributed by atoms with Crippen molar-refractivity contribution in [1.82, 2.24) is 8.61 Å². The molecule has 0 aliphatic carbocycles. The Kier molecular flexibility index (Phi) is 8.41. The number of hydrogen-bond acceptors (Lipinski definition) is 6. The molecule has 2 N–H and O–H groups in total. The maximum Gasteiger partial charge on any atom is 0.232 e. The van der Waals surface area contributed by atoms with Gasteiger partial charge in [-0.2, -0.15) is 0 Å². The van der Waals surface area contributed by atoms with Gasteiger partial charge in [0.25, 0.3) is 0 Å². The van der Waals surface area contributed by atoms with Crippen LogP contribution < -0.4 is 0 Å². The monoisotopic (exact) mass is 296 g/mol. The molecule has 0 spiro atoms. The summed E-state index contributed by atoms with van der Waals surface area (Å²) >= 11 is 7.83. The van der Waals surface area contributed by atoms with Gasteiger partial charge < -0.3 is 10.2 Å². The van der Waals surface area contributed by atoms with Gasteiger partial charge in [-0.15, -0.1) is 0 Å². The van der Waals surface area contributed by atoms with Crippen molar-refractivity contribution in [1.29, 1.82) is 0 Å². The number of carbonyl (C=O) groups is 2. The van der Waals surface area contributed by atoms with Gasteiger partial charge in [-0.05, 0) is 13.8 Å². The summed E-state index contributed by atoms with van der Waals surface area (Å²) in [6.45, 7) is 3.29. The van der Waals surface area contributed by atoms with Crippen molar-refractivity contribution in [3.05, 3.63) is 0 Å². The zero-order valence-corrected chi connectivity index (χ0v) is 12.3. The highest BCUT2D eigenvalue weighted by Gasteiger charge is 2.17. The fourth-order valence-electron chi connectivity index (χ4n) is 1.18. The third kappa shape index (κ3) is 7.80. The van der Waals surface area contributed by atoms with Gasteiger partial charge >= 0.3 is 0 Å². The van der Waals surface area contributed by atoms with E-state index < -0.39 is 12.2 Å². The molecule has 18 heavy (non-hydrogen) atoms. The third-order valence-electron chi connectivity index (χ3n) is 2.00. The second-order valence-corrected chi connectivity index (χ2v) is 5.12. The Balaban J connectivity index is 4.01. The molecule has 8 heteroatoms. The summed E-state index contributed by atoms with van der Waals surface area (Å²) in [6, 6.07) is 0. The third-order valence-corrected chi connectivity index (χ3v) is 2.78. The first-order chi connectivity index (χ1) is 8.23. The van der Waals surface area contributed by atoms with Gasteiger partial charge in [0.1, 0.15) is 0 Å². The van der Waals surface area contributed by atoms with E-state index in [-0.39, 0.29) is 37.7 Å². The average Bonchev–Trinajstić information content (AvgIpc) is 2.23. The zero-order chi connectivity index (χ0) is 14.3. The molecule has 0 fully saturated rings. The van der Waals surface area contributed by atoms with Crippen molar-refractivity contribution >= 4 is 37.4 Å². The van der Waals surface area contributed by atoms with Crippen LogP contribution in [-0.4, -0.2) is 55.9 Å². The Morgan fingerprint density at radius 2 is 1.22 bits per heavy atom. The lowest BCUT2D eigenvalue weighted by Gasteiger charge is -2.19. The van der Waals surface area contributed by atoms with Crippen LogP contribution in [0.3, 0.4) is 0 Å². The van der Waals surface area contributed by atoms with E-state index in [1.165, 1.54) is 0 Å². The number of aliphatic hydroxyl groups is 2.